The molecule has 1 aliphatic rings. The van der Waals surface area contributed by atoms with Crippen LogP contribution < -0.4 is 5.11 Å². The van der Waals surface area contributed by atoms with E-state index in [0.29, 0.717) is 13.2 Å². The van der Waals surface area contributed by atoms with Crippen LogP contribution >= 0.6 is 0 Å². The molecule has 0 aromatic rings. The van der Waals surface area contributed by atoms with Gasteiger partial charge in [0.2, 0.25) is 0 Å². The Hall–Kier alpha value is -1.79. The molecule has 0 aliphatic carbocycles. The Bertz CT molecular complexity index is 357. The van der Waals surface area contributed by atoms with Crippen molar-refractivity contribution < 1.29 is 84.5 Å². The molecule has 1 fully saturated rings. The van der Waals surface area contributed by atoms with Gasteiger partial charge in [0.1, 0.15) is 19.8 Å². The van der Waals surface area contributed by atoms with Gasteiger partial charge in [-0.1, -0.05) is 0 Å². The molecule has 18 heteroatoms. The number of carbonyl (C=O) groups is 3. The molecule has 0 aromatic heterocycles. The zero-order chi connectivity index (χ0) is 21.9. The van der Waals surface area contributed by atoms with Crippen LogP contribution in [0.4, 0.5) is 14.4 Å². The molecule has 1 heterocycles. The van der Waals surface area contributed by atoms with Crippen LogP contribution in [0.2, 0.25) is 0 Å². The molecule has 0 amide bonds. The summed E-state index contributed by atoms with van der Waals surface area (Å²) in [4.78, 5) is 44.8. The van der Waals surface area contributed by atoms with Crippen molar-refractivity contribution in [2.75, 3.05) is 52.9 Å². The molecule has 0 aromatic carbocycles. The first-order valence-electron chi connectivity index (χ1n) is 6.68. The number of hydrogen-bond donors (Lipinski definition) is 5. The van der Waals surface area contributed by atoms with E-state index in [1.54, 1.807) is 0 Å². The topological polar surface area (TPSA) is 308 Å². The summed E-state index contributed by atoms with van der Waals surface area (Å²) >= 11 is 0. The zero-order valence-electron chi connectivity index (χ0n) is 15.6. The monoisotopic (exact) mass is 480 g/mol. The van der Waals surface area contributed by atoms with Crippen molar-refractivity contribution in [3.05, 3.63) is 0 Å². The van der Waals surface area contributed by atoms with Crippen LogP contribution in [0.5, 0.6) is 0 Å². The minimum absolute atomic E-state index is 0. The molecule has 0 spiro atoms. The van der Waals surface area contributed by atoms with Gasteiger partial charge >= 0.3 is 56.2 Å². The Kier molecular flexibility index (Phi) is 70.8. The third kappa shape index (κ3) is 82.5. The minimum atomic E-state index is -1.60. The second-order valence-electron chi connectivity index (χ2n) is 3.14. The summed E-state index contributed by atoms with van der Waals surface area (Å²) in [6.45, 7) is -0.324. The first kappa shape index (κ1) is 46.4. The van der Waals surface area contributed by atoms with Crippen molar-refractivity contribution in [3.63, 3.8) is 0 Å². The Labute approximate surface area is 199 Å². The molecule has 176 valence electrons. The van der Waals surface area contributed by atoms with Crippen LogP contribution in [0.25, 0.3) is 0 Å². The van der Waals surface area contributed by atoms with Crippen LogP contribution in [0, 0.1) is 0 Å². The minimum Gasteiger partial charge on any atom is -0.870 e. The van der Waals surface area contributed by atoms with Crippen LogP contribution in [0.3, 0.4) is 0 Å². The molecule has 0 unspecified atom stereocenters. The fourth-order valence-electron chi connectivity index (χ4n) is 0.554. The van der Waals surface area contributed by atoms with Crippen LogP contribution in [0.1, 0.15) is 0 Å². The number of carboxylic acid groups (broad SMARTS) is 2. The molecular formula is C12H24CaO17. The van der Waals surface area contributed by atoms with E-state index in [2.05, 4.69) is 18.9 Å². The summed E-state index contributed by atoms with van der Waals surface area (Å²) in [5.41, 5.74) is 0. The van der Waals surface area contributed by atoms with Crippen LogP contribution in [-0.2, 0) is 28.5 Å². The van der Waals surface area contributed by atoms with Gasteiger partial charge in [-0.05, 0) is 0 Å². The fourth-order valence-corrected chi connectivity index (χ4v) is 0.554. The van der Waals surface area contributed by atoms with E-state index in [4.69, 9.17) is 35.1 Å². The zero-order valence-corrected chi connectivity index (χ0v) is 17.8. The van der Waals surface area contributed by atoms with Crippen LogP contribution in [-0.4, -0.2) is 152 Å². The molecule has 0 bridgehead atoms. The Morgan fingerprint density at radius 3 is 1.37 bits per heavy atom. The average molecular weight is 480 g/mol. The van der Waals surface area contributed by atoms with Crippen molar-refractivity contribution in [2.24, 2.45) is 0 Å². The summed E-state index contributed by atoms with van der Waals surface area (Å²) in [6.07, 6.45) is -3.25. The van der Waals surface area contributed by atoms with E-state index in [1.165, 1.54) is 0 Å². The first-order chi connectivity index (χ1) is 12.8. The van der Waals surface area contributed by atoms with E-state index in [9.17, 15) is 19.5 Å². The molecule has 0 radical (unpaired) electrons. The van der Waals surface area contributed by atoms with Crippen molar-refractivity contribution in [2.45, 2.75) is 0 Å². The van der Waals surface area contributed by atoms with Crippen molar-refractivity contribution in [1.29, 1.82) is 0 Å². The largest absolute Gasteiger partial charge is 2.00 e. The number of carbonyl (C=O) groups excluding carboxylic acids is 4. The van der Waals surface area contributed by atoms with Crippen molar-refractivity contribution in [3.8, 4) is 0 Å². The standard InChI is InChI=1S/2C3H6O4.C3H4O3.C2H6O2.CO2.Ca.2H2O/c2*4-1-2-7-3(5)6;4-3-5-1-2-6-3;3-1-2-4;2-1-3;;;/h2*4H,1-2H2,(H,5,6);1-2H2;3-4H,1-2H2;;;2*1H2/q;;;;;+2;;/p-2. The quantitative estimate of drug-likeness (QED) is 0.140. The predicted molar refractivity (Wildman–Crippen MR) is 87.3 cm³/mol. The van der Waals surface area contributed by atoms with E-state index < -0.39 is 18.5 Å². The van der Waals surface area contributed by atoms with Gasteiger partial charge in [0.25, 0.3) is 6.16 Å². The average Bonchev–Trinajstić information content (AvgIpc) is 3.11. The number of aliphatic hydroxyl groups excluding tert-OH is 4. The third-order valence-electron chi connectivity index (χ3n) is 1.25. The fraction of sp³-hybridized carbons (Fsp3) is 0.667. The molecule has 1 rings (SSSR count). The summed E-state index contributed by atoms with van der Waals surface area (Å²) in [6, 6.07) is 0. The molecule has 0 saturated carbocycles. The summed E-state index contributed by atoms with van der Waals surface area (Å²) in [7, 11) is 0. The number of cyclic esters (lactones) is 2. The summed E-state index contributed by atoms with van der Waals surface area (Å²) < 4.78 is 16.2. The van der Waals surface area contributed by atoms with Gasteiger partial charge in [0.15, 0.2) is 0 Å². The molecule has 0 atom stereocenters. The maximum absolute atomic E-state index is 9.80. The molecule has 17 nitrogen and oxygen atoms in total. The molecule has 1 saturated heterocycles. The normalized spacial score (nSPS) is 9.00. The van der Waals surface area contributed by atoms with Crippen molar-refractivity contribution >= 4 is 62.4 Å². The number of rotatable bonds is 5. The predicted octanol–water partition coefficient (Wildman–Crippen LogP) is -4.83. The second-order valence-corrected chi connectivity index (χ2v) is 3.14. The van der Waals surface area contributed by atoms with Gasteiger partial charge in [-0.2, -0.15) is 9.59 Å². The van der Waals surface area contributed by atoms with Gasteiger partial charge in [0, 0.05) is 0 Å². The molecular weight excluding hydrogens is 456 g/mol. The maximum Gasteiger partial charge on any atom is 2.00 e. The van der Waals surface area contributed by atoms with E-state index >= 15 is 0 Å². The molecule has 8 N–H and O–H groups in total. The number of aliphatic hydroxyl groups is 4. The summed E-state index contributed by atoms with van der Waals surface area (Å²) in [5.74, 6) is 0. The van der Waals surface area contributed by atoms with Gasteiger partial charge in [-0.15, -0.1) is 0 Å². The van der Waals surface area contributed by atoms with Gasteiger partial charge in [-0.25, -0.2) is 9.59 Å². The van der Waals surface area contributed by atoms with E-state index in [0.717, 1.165) is 0 Å². The molecule has 30 heavy (non-hydrogen) atoms. The molecule has 1 aliphatic heterocycles. The summed E-state index contributed by atoms with van der Waals surface area (Å²) in [5, 5.41) is 48.1. The van der Waals surface area contributed by atoms with Gasteiger partial charge in [0.05, 0.1) is 33.0 Å². The van der Waals surface area contributed by atoms with Gasteiger partial charge < -0.3 is 65.3 Å². The first-order valence-corrected chi connectivity index (χ1v) is 6.68. The Morgan fingerprint density at radius 2 is 1.27 bits per heavy atom. The van der Waals surface area contributed by atoms with E-state index in [-0.39, 0.29) is 94.5 Å². The Balaban J connectivity index is -0.0000000442. The number of ether oxygens (including phenoxy) is 4. The van der Waals surface area contributed by atoms with Crippen molar-refractivity contribution in [1.82, 2.24) is 0 Å². The second kappa shape index (κ2) is 45.8. The maximum atomic E-state index is 9.80. The third-order valence-corrected chi connectivity index (χ3v) is 1.25. The van der Waals surface area contributed by atoms with Gasteiger partial charge in [-0.3, -0.25) is 0 Å². The Morgan fingerprint density at radius 1 is 0.933 bits per heavy atom. The number of hydrogen-bond acceptors (Lipinski definition) is 15. The van der Waals surface area contributed by atoms with Crippen LogP contribution in [0.15, 0.2) is 0 Å². The SMILES string of the molecule is O.O=C(O)OCCO.O=C([O-])OCCO.O=C1OCCO1.O=C=O.OCCO.[Ca+2].[OH-]. The smallest absolute Gasteiger partial charge is 0.870 e. The van der Waals surface area contributed by atoms with E-state index in [1.807, 2.05) is 0 Å².